The zero-order valence-electron chi connectivity index (χ0n) is 11.4. The summed E-state index contributed by atoms with van der Waals surface area (Å²) in [6.45, 7) is 4.93. The predicted molar refractivity (Wildman–Crippen MR) is 79.0 cm³/mol. The molecule has 0 aliphatic rings. The largest absolute Gasteiger partial charge is 0.487 e. The molecule has 2 aromatic rings. The number of nitrogens with zero attached hydrogens (tertiary/aromatic N) is 2. The molecule has 19 heavy (non-hydrogen) atoms. The highest BCUT2D eigenvalue weighted by molar-refractivity contribution is 9.10. The first-order valence-corrected chi connectivity index (χ1v) is 6.93. The Labute approximate surface area is 121 Å². The molecule has 1 aromatic heterocycles. The maximum Gasteiger partial charge on any atom is 0.131 e. The van der Waals surface area contributed by atoms with Gasteiger partial charge in [-0.3, -0.25) is 4.68 Å². The molecule has 5 heteroatoms. The van der Waals surface area contributed by atoms with Gasteiger partial charge in [0.1, 0.15) is 12.4 Å². The van der Waals surface area contributed by atoms with E-state index in [4.69, 9.17) is 10.5 Å². The summed E-state index contributed by atoms with van der Waals surface area (Å²) in [5.74, 6) is 0.871. The molecule has 0 saturated carbocycles. The van der Waals surface area contributed by atoms with E-state index in [1.165, 1.54) is 0 Å². The number of aryl methyl sites for hydroxylation is 3. The summed E-state index contributed by atoms with van der Waals surface area (Å²) in [5, 5.41) is 4.35. The first kappa shape index (κ1) is 14.1. The minimum atomic E-state index is 0.468. The molecule has 0 radical (unpaired) electrons. The second kappa shape index (κ2) is 5.75. The van der Waals surface area contributed by atoms with Crippen molar-refractivity contribution >= 4 is 15.9 Å². The quantitative estimate of drug-likeness (QED) is 0.941. The minimum absolute atomic E-state index is 0.468. The SMILES string of the molecule is Cc1cccc(CN)c1OCc1c(Br)c(C)nn1C. The third-order valence-corrected chi connectivity index (χ3v) is 4.16. The van der Waals surface area contributed by atoms with E-state index in [0.29, 0.717) is 13.2 Å². The van der Waals surface area contributed by atoms with Crippen molar-refractivity contribution in [2.45, 2.75) is 27.0 Å². The second-order valence-electron chi connectivity index (χ2n) is 4.53. The van der Waals surface area contributed by atoms with Gasteiger partial charge in [-0.05, 0) is 35.3 Å². The van der Waals surface area contributed by atoms with Gasteiger partial charge in [0, 0.05) is 19.2 Å². The smallest absolute Gasteiger partial charge is 0.131 e. The normalized spacial score (nSPS) is 10.8. The van der Waals surface area contributed by atoms with Crippen LogP contribution in [-0.4, -0.2) is 9.78 Å². The fraction of sp³-hybridized carbons (Fsp3) is 0.357. The van der Waals surface area contributed by atoms with Gasteiger partial charge in [0.15, 0.2) is 0 Å². The summed E-state index contributed by atoms with van der Waals surface area (Å²) < 4.78 is 8.78. The molecule has 4 nitrogen and oxygen atoms in total. The van der Waals surface area contributed by atoms with Gasteiger partial charge >= 0.3 is 0 Å². The summed E-state index contributed by atoms with van der Waals surface area (Å²) in [6, 6.07) is 6.01. The summed E-state index contributed by atoms with van der Waals surface area (Å²) in [6.07, 6.45) is 0. The molecule has 0 amide bonds. The molecule has 0 aliphatic carbocycles. The molecule has 1 aromatic carbocycles. The van der Waals surface area contributed by atoms with Crippen LogP contribution in [0.25, 0.3) is 0 Å². The van der Waals surface area contributed by atoms with Crippen LogP contribution in [0.5, 0.6) is 5.75 Å². The monoisotopic (exact) mass is 323 g/mol. The Morgan fingerprint density at radius 3 is 2.68 bits per heavy atom. The topological polar surface area (TPSA) is 53.1 Å². The number of halogens is 1. The first-order valence-electron chi connectivity index (χ1n) is 6.14. The van der Waals surface area contributed by atoms with E-state index in [0.717, 1.165) is 32.7 Å². The van der Waals surface area contributed by atoms with Gasteiger partial charge in [-0.15, -0.1) is 0 Å². The molecular weight excluding hydrogens is 306 g/mol. The minimum Gasteiger partial charge on any atom is -0.487 e. The third kappa shape index (κ3) is 2.82. The summed E-state index contributed by atoms with van der Waals surface area (Å²) in [7, 11) is 1.91. The number of hydrogen-bond acceptors (Lipinski definition) is 3. The molecule has 0 atom stereocenters. The van der Waals surface area contributed by atoms with Crippen molar-refractivity contribution in [3.8, 4) is 5.75 Å². The number of benzene rings is 1. The predicted octanol–water partition coefficient (Wildman–Crippen LogP) is 2.84. The van der Waals surface area contributed by atoms with Gasteiger partial charge in [0.25, 0.3) is 0 Å². The van der Waals surface area contributed by atoms with Crippen LogP contribution in [0, 0.1) is 13.8 Å². The lowest BCUT2D eigenvalue weighted by Gasteiger charge is -2.13. The average molecular weight is 324 g/mol. The molecule has 2 rings (SSSR count). The van der Waals surface area contributed by atoms with E-state index >= 15 is 0 Å². The van der Waals surface area contributed by atoms with Crippen LogP contribution in [0.4, 0.5) is 0 Å². The maximum absolute atomic E-state index is 5.95. The van der Waals surface area contributed by atoms with E-state index in [2.05, 4.69) is 21.0 Å². The Bertz CT molecular complexity index is 593. The van der Waals surface area contributed by atoms with E-state index in [9.17, 15) is 0 Å². The van der Waals surface area contributed by atoms with Crippen molar-refractivity contribution in [1.82, 2.24) is 9.78 Å². The van der Waals surface area contributed by atoms with Gasteiger partial charge in [-0.2, -0.15) is 5.10 Å². The van der Waals surface area contributed by atoms with Gasteiger partial charge in [0.05, 0.1) is 15.9 Å². The summed E-state index contributed by atoms with van der Waals surface area (Å²) >= 11 is 3.54. The standard InChI is InChI=1S/C14H18BrN3O/c1-9-5-4-6-11(7-16)14(9)19-8-12-13(15)10(2)17-18(12)3/h4-6H,7-8,16H2,1-3H3. The molecule has 102 valence electrons. The van der Waals surface area contributed by atoms with Gasteiger partial charge in [0.2, 0.25) is 0 Å². The highest BCUT2D eigenvalue weighted by Gasteiger charge is 2.13. The zero-order valence-corrected chi connectivity index (χ0v) is 13.0. The lowest BCUT2D eigenvalue weighted by molar-refractivity contribution is 0.289. The highest BCUT2D eigenvalue weighted by Crippen LogP contribution is 2.26. The molecule has 0 aliphatic heterocycles. The third-order valence-electron chi connectivity index (χ3n) is 3.13. The number of aromatic nitrogens is 2. The van der Waals surface area contributed by atoms with Crippen LogP contribution in [0.1, 0.15) is 22.5 Å². The number of nitrogens with two attached hydrogens (primary N) is 1. The van der Waals surface area contributed by atoms with Gasteiger partial charge < -0.3 is 10.5 Å². The van der Waals surface area contributed by atoms with E-state index in [1.54, 1.807) is 0 Å². The molecule has 1 heterocycles. The number of para-hydroxylation sites is 1. The van der Waals surface area contributed by atoms with Gasteiger partial charge in [-0.1, -0.05) is 18.2 Å². The van der Waals surface area contributed by atoms with Crippen molar-refractivity contribution in [2.75, 3.05) is 0 Å². The summed E-state index contributed by atoms with van der Waals surface area (Å²) in [5.41, 5.74) is 9.84. The van der Waals surface area contributed by atoms with Crippen molar-refractivity contribution in [3.63, 3.8) is 0 Å². The van der Waals surface area contributed by atoms with Crippen LogP contribution in [0.15, 0.2) is 22.7 Å². The lowest BCUT2D eigenvalue weighted by Crippen LogP contribution is -2.07. The molecule has 2 N–H and O–H groups in total. The molecule has 0 spiro atoms. The zero-order chi connectivity index (χ0) is 14.0. The molecule has 0 fully saturated rings. The van der Waals surface area contributed by atoms with E-state index < -0.39 is 0 Å². The number of hydrogen-bond donors (Lipinski definition) is 1. The highest BCUT2D eigenvalue weighted by atomic mass is 79.9. The lowest BCUT2D eigenvalue weighted by atomic mass is 10.1. The van der Waals surface area contributed by atoms with E-state index in [-0.39, 0.29) is 0 Å². The molecule has 0 bridgehead atoms. The molecular formula is C14H18BrN3O. The number of rotatable bonds is 4. The fourth-order valence-corrected chi connectivity index (χ4v) is 2.51. The fourth-order valence-electron chi connectivity index (χ4n) is 2.06. The Morgan fingerprint density at radius 2 is 2.11 bits per heavy atom. The van der Waals surface area contributed by atoms with Crippen LogP contribution in [-0.2, 0) is 20.2 Å². The van der Waals surface area contributed by atoms with Crippen molar-refractivity contribution in [3.05, 3.63) is 45.2 Å². The van der Waals surface area contributed by atoms with Crippen LogP contribution in [0.3, 0.4) is 0 Å². The second-order valence-corrected chi connectivity index (χ2v) is 5.32. The average Bonchev–Trinajstić information content (AvgIpc) is 2.62. The molecule has 0 unspecified atom stereocenters. The van der Waals surface area contributed by atoms with Crippen LogP contribution in [0.2, 0.25) is 0 Å². The maximum atomic E-state index is 5.95. The van der Waals surface area contributed by atoms with Crippen molar-refractivity contribution in [1.29, 1.82) is 0 Å². The number of ether oxygens (including phenoxy) is 1. The molecule has 0 saturated heterocycles. The van der Waals surface area contributed by atoms with Crippen molar-refractivity contribution < 1.29 is 4.74 Å². The summed E-state index contributed by atoms with van der Waals surface area (Å²) in [4.78, 5) is 0. The van der Waals surface area contributed by atoms with Crippen molar-refractivity contribution in [2.24, 2.45) is 12.8 Å². The Kier molecular flexibility index (Phi) is 4.27. The first-order chi connectivity index (χ1) is 9.04. The van der Waals surface area contributed by atoms with E-state index in [1.807, 2.05) is 43.8 Å². The Morgan fingerprint density at radius 1 is 1.37 bits per heavy atom. The van der Waals surface area contributed by atoms with Gasteiger partial charge in [-0.25, -0.2) is 0 Å². The Hall–Kier alpha value is -1.33. The van der Waals surface area contributed by atoms with Crippen LogP contribution < -0.4 is 10.5 Å². The van der Waals surface area contributed by atoms with Crippen LogP contribution >= 0.6 is 15.9 Å². The Balaban J connectivity index is 2.24.